The van der Waals surface area contributed by atoms with Crippen LogP contribution in [0.15, 0.2) is 23.4 Å². The van der Waals surface area contributed by atoms with E-state index in [4.69, 9.17) is 4.74 Å². The molecule has 0 radical (unpaired) electrons. The maximum atomic E-state index is 11.2. The van der Waals surface area contributed by atoms with Crippen molar-refractivity contribution in [2.24, 2.45) is 0 Å². The van der Waals surface area contributed by atoms with E-state index in [0.717, 1.165) is 17.0 Å². The Balaban J connectivity index is 2.32. The van der Waals surface area contributed by atoms with Gasteiger partial charge in [-0.15, -0.1) is 0 Å². The largest absolute Gasteiger partial charge is 0.448 e. The molecule has 0 fully saturated rings. The lowest BCUT2D eigenvalue weighted by molar-refractivity contribution is 0.147. The number of ether oxygens (including phenoxy) is 1. The summed E-state index contributed by atoms with van der Waals surface area (Å²) in [6, 6.07) is 4.05. The van der Waals surface area contributed by atoms with Crippen molar-refractivity contribution in [2.45, 2.75) is 37.5 Å². The number of alkyl carbamates (subject to hydrolysis) is 1. The van der Waals surface area contributed by atoms with Crippen LogP contribution in [-0.2, 0) is 4.74 Å². The minimum atomic E-state index is -0.347. The van der Waals surface area contributed by atoms with E-state index in [0.29, 0.717) is 13.2 Å². The average Bonchev–Trinajstić information content (AvgIpc) is 2.41. The van der Waals surface area contributed by atoms with Gasteiger partial charge in [0.25, 0.3) is 0 Å². The third-order valence-electron chi connectivity index (χ3n) is 2.33. The minimum absolute atomic E-state index is 0.274. The molecule has 1 heterocycles. The highest BCUT2D eigenvalue weighted by molar-refractivity contribution is 8.76. The molecule has 0 saturated carbocycles. The standard InChI is InChI=1S/C13H20N2O2S2/c1-4-11(9-17-13(16)14-5-2)18-19-12-7-6-10(3)8-15-12/h6-8,11H,4-5,9H2,1-3H3,(H,14,16). The second-order valence-corrected chi connectivity index (χ2v) is 6.53. The number of hydrogen-bond donors (Lipinski definition) is 1. The molecule has 1 rings (SSSR count). The van der Waals surface area contributed by atoms with Crippen LogP contribution in [0.5, 0.6) is 0 Å². The smallest absolute Gasteiger partial charge is 0.407 e. The summed E-state index contributed by atoms with van der Waals surface area (Å²) >= 11 is 0. The molecule has 106 valence electrons. The SMILES string of the molecule is CCNC(=O)OCC(CC)SSc1ccc(C)cn1. The first-order chi connectivity index (χ1) is 9.15. The van der Waals surface area contributed by atoms with Gasteiger partial charge in [-0.05, 0) is 42.7 Å². The zero-order chi connectivity index (χ0) is 14.1. The predicted molar refractivity (Wildman–Crippen MR) is 81.5 cm³/mol. The number of aromatic nitrogens is 1. The van der Waals surface area contributed by atoms with Gasteiger partial charge in [-0.1, -0.05) is 23.8 Å². The molecule has 1 atom stereocenters. The molecule has 0 aromatic carbocycles. The fourth-order valence-electron chi connectivity index (χ4n) is 1.20. The van der Waals surface area contributed by atoms with Crippen molar-refractivity contribution in [3.63, 3.8) is 0 Å². The number of hydrogen-bond acceptors (Lipinski definition) is 5. The minimum Gasteiger partial charge on any atom is -0.448 e. The van der Waals surface area contributed by atoms with E-state index >= 15 is 0 Å². The molecular formula is C13H20N2O2S2. The Kier molecular flexibility index (Phi) is 7.74. The molecule has 0 spiro atoms. The first kappa shape index (κ1) is 16.2. The summed E-state index contributed by atoms with van der Waals surface area (Å²) in [7, 11) is 3.31. The molecule has 4 nitrogen and oxygen atoms in total. The Bertz CT molecular complexity index is 385. The first-order valence-electron chi connectivity index (χ1n) is 6.32. The van der Waals surface area contributed by atoms with Crippen molar-refractivity contribution < 1.29 is 9.53 Å². The van der Waals surface area contributed by atoms with Crippen molar-refractivity contribution in [2.75, 3.05) is 13.2 Å². The van der Waals surface area contributed by atoms with E-state index < -0.39 is 0 Å². The molecule has 1 unspecified atom stereocenters. The van der Waals surface area contributed by atoms with Gasteiger partial charge in [0.1, 0.15) is 11.6 Å². The van der Waals surface area contributed by atoms with E-state index in [9.17, 15) is 4.79 Å². The third-order valence-corrected chi connectivity index (χ3v) is 5.20. The number of rotatable bonds is 7. The first-order valence-corrected chi connectivity index (χ1v) is 8.53. The second kappa shape index (κ2) is 9.09. The third kappa shape index (κ3) is 6.73. The van der Waals surface area contributed by atoms with Gasteiger partial charge >= 0.3 is 6.09 Å². The van der Waals surface area contributed by atoms with Crippen molar-refractivity contribution in [3.05, 3.63) is 23.9 Å². The van der Waals surface area contributed by atoms with Gasteiger partial charge in [0.05, 0.1) is 0 Å². The Hall–Kier alpha value is -0.880. The van der Waals surface area contributed by atoms with Crippen molar-refractivity contribution in [1.82, 2.24) is 10.3 Å². The lowest BCUT2D eigenvalue weighted by Gasteiger charge is -2.13. The number of nitrogens with one attached hydrogen (secondary N) is 1. The summed E-state index contributed by atoms with van der Waals surface area (Å²) < 4.78 is 5.14. The highest BCUT2D eigenvalue weighted by Gasteiger charge is 2.11. The Labute approximate surface area is 122 Å². The predicted octanol–water partition coefficient (Wildman–Crippen LogP) is 3.66. The molecule has 6 heteroatoms. The molecule has 0 aliphatic carbocycles. The quantitative estimate of drug-likeness (QED) is 0.779. The van der Waals surface area contributed by atoms with Gasteiger partial charge in [-0.2, -0.15) is 0 Å². The molecule has 1 aromatic rings. The molecule has 0 aliphatic rings. The summed E-state index contributed by atoms with van der Waals surface area (Å²) in [5.41, 5.74) is 1.15. The molecule has 1 N–H and O–H groups in total. The van der Waals surface area contributed by atoms with Crippen LogP contribution in [0, 0.1) is 6.92 Å². The maximum Gasteiger partial charge on any atom is 0.407 e. The average molecular weight is 300 g/mol. The summed E-state index contributed by atoms with van der Waals surface area (Å²) in [5.74, 6) is 0. The van der Waals surface area contributed by atoms with Crippen molar-refractivity contribution in [3.8, 4) is 0 Å². The fraction of sp³-hybridized carbons (Fsp3) is 0.538. The molecule has 19 heavy (non-hydrogen) atoms. The second-order valence-electron chi connectivity index (χ2n) is 4.01. The van der Waals surface area contributed by atoms with Crippen LogP contribution < -0.4 is 5.32 Å². The fourth-order valence-corrected chi connectivity index (χ4v) is 3.49. The summed E-state index contributed by atoms with van der Waals surface area (Å²) in [5, 5.41) is 3.87. The topological polar surface area (TPSA) is 51.2 Å². The van der Waals surface area contributed by atoms with E-state index in [1.807, 2.05) is 32.2 Å². The number of carbonyl (C=O) groups is 1. The molecule has 1 amide bonds. The lowest BCUT2D eigenvalue weighted by atomic mass is 10.3. The molecule has 0 bridgehead atoms. The van der Waals surface area contributed by atoms with Crippen LogP contribution in [0.2, 0.25) is 0 Å². The molecule has 0 aliphatic heterocycles. The van der Waals surface area contributed by atoms with Crippen LogP contribution in [0.25, 0.3) is 0 Å². The molecule has 1 aromatic heterocycles. The van der Waals surface area contributed by atoms with Gasteiger partial charge in [0.15, 0.2) is 0 Å². The number of aryl methyl sites for hydroxylation is 1. The van der Waals surface area contributed by atoms with Crippen LogP contribution >= 0.6 is 21.6 Å². The number of amides is 1. The normalized spacial score (nSPS) is 11.9. The van der Waals surface area contributed by atoms with Crippen LogP contribution in [0.1, 0.15) is 25.8 Å². The number of pyridine rings is 1. The monoisotopic (exact) mass is 300 g/mol. The lowest BCUT2D eigenvalue weighted by Crippen LogP contribution is -2.26. The van der Waals surface area contributed by atoms with E-state index in [-0.39, 0.29) is 11.3 Å². The maximum absolute atomic E-state index is 11.2. The number of nitrogens with zero attached hydrogens (tertiary/aromatic N) is 1. The highest BCUT2D eigenvalue weighted by Crippen LogP contribution is 2.34. The van der Waals surface area contributed by atoms with Gasteiger partial charge in [-0.3, -0.25) is 0 Å². The zero-order valence-electron chi connectivity index (χ0n) is 11.5. The van der Waals surface area contributed by atoms with Crippen LogP contribution in [0.3, 0.4) is 0 Å². The molecule has 0 saturated heterocycles. The van der Waals surface area contributed by atoms with Crippen LogP contribution in [0.4, 0.5) is 4.79 Å². The summed E-state index contributed by atoms with van der Waals surface area (Å²) in [6.45, 7) is 6.98. The van der Waals surface area contributed by atoms with Gasteiger partial charge in [0, 0.05) is 18.0 Å². The highest BCUT2D eigenvalue weighted by atomic mass is 33.1. The Morgan fingerprint density at radius 2 is 2.26 bits per heavy atom. The zero-order valence-corrected chi connectivity index (χ0v) is 13.1. The van der Waals surface area contributed by atoms with E-state index in [1.165, 1.54) is 0 Å². The van der Waals surface area contributed by atoms with Gasteiger partial charge in [0.2, 0.25) is 0 Å². The van der Waals surface area contributed by atoms with Crippen molar-refractivity contribution >= 4 is 27.7 Å². The Morgan fingerprint density at radius 1 is 1.47 bits per heavy atom. The van der Waals surface area contributed by atoms with Gasteiger partial charge in [-0.25, -0.2) is 9.78 Å². The van der Waals surface area contributed by atoms with E-state index in [2.05, 4.69) is 17.2 Å². The van der Waals surface area contributed by atoms with Crippen molar-refractivity contribution in [1.29, 1.82) is 0 Å². The van der Waals surface area contributed by atoms with E-state index in [1.54, 1.807) is 21.6 Å². The summed E-state index contributed by atoms with van der Waals surface area (Å²) in [4.78, 5) is 15.5. The summed E-state index contributed by atoms with van der Waals surface area (Å²) in [6.07, 6.45) is 2.46. The number of carbonyl (C=O) groups excluding carboxylic acids is 1. The van der Waals surface area contributed by atoms with Gasteiger partial charge < -0.3 is 10.1 Å². The Morgan fingerprint density at radius 3 is 2.84 bits per heavy atom. The van der Waals surface area contributed by atoms with Crippen LogP contribution in [-0.4, -0.2) is 29.5 Å². The molecular weight excluding hydrogens is 280 g/mol.